The smallest absolute Gasteiger partial charge is 0.341 e. The third-order valence-corrected chi connectivity index (χ3v) is 6.72. The molecule has 0 aliphatic carbocycles. The van der Waals surface area contributed by atoms with Crippen molar-refractivity contribution in [2.45, 2.75) is 37.6 Å². The SMILES string of the molecule is C#C[C@H]1CCc2c(C)cc(C)cc2N1S(=O)(=O)c1ccc(O)c(C(=O)OC)c1. The molecule has 146 valence electrons. The van der Waals surface area contributed by atoms with Crippen LogP contribution in [0.3, 0.4) is 0 Å². The Bertz CT molecular complexity index is 1100. The quantitative estimate of drug-likeness (QED) is 0.634. The zero-order valence-corrected chi connectivity index (χ0v) is 16.7. The van der Waals surface area contributed by atoms with Crippen LogP contribution in [-0.4, -0.2) is 32.6 Å². The van der Waals surface area contributed by atoms with E-state index < -0.39 is 22.0 Å². The number of esters is 1. The highest BCUT2D eigenvalue weighted by molar-refractivity contribution is 7.92. The van der Waals surface area contributed by atoms with Gasteiger partial charge in [0.1, 0.15) is 17.4 Å². The Kier molecular flexibility index (Phi) is 5.09. The Morgan fingerprint density at radius 1 is 1.29 bits per heavy atom. The summed E-state index contributed by atoms with van der Waals surface area (Å²) in [7, 11) is -2.92. The highest BCUT2D eigenvalue weighted by Crippen LogP contribution is 2.38. The first-order chi connectivity index (χ1) is 13.2. The second-order valence-electron chi connectivity index (χ2n) is 6.77. The number of fused-ring (bicyclic) bond motifs is 1. The van der Waals surface area contributed by atoms with Crippen LogP contribution in [0.2, 0.25) is 0 Å². The van der Waals surface area contributed by atoms with E-state index in [1.165, 1.54) is 10.4 Å². The summed E-state index contributed by atoms with van der Waals surface area (Å²) in [6.45, 7) is 3.84. The number of phenols is 1. The van der Waals surface area contributed by atoms with Crippen molar-refractivity contribution in [2.24, 2.45) is 0 Å². The number of aromatic hydroxyl groups is 1. The van der Waals surface area contributed by atoms with Crippen molar-refractivity contribution in [1.82, 2.24) is 0 Å². The van der Waals surface area contributed by atoms with E-state index in [1.807, 2.05) is 26.0 Å². The molecule has 0 saturated heterocycles. The fraction of sp³-hybridized carbons (Fsp3) is 0.286. The Morgan fingerprint density at radius 2 is 2.00 bits per heavy atom. The number of anilines is 1. The number of rotatable bonds is 3. The summed E-state index contributed by atoms with van der Waals surface area (Å²) in [4.78, 5) is 11.7. The van der Waals surface area contributed by atoms with Crippen molar-refractivity contribution in [2.75, 3.05) is 11.4 Å². The van der Waals surface area contributed by atoms with Crippen LogP contribution >= 0.6 is 0 Å². The maximum atomic E-state index is 13.5. The molecule has 1 aliphatic heterocycles. The van der Waals surface area contributed by atoms with Gasteiger partial charge in [0.2, 0.25) is 0 Å². The van der Waals surface area contributed by atoms with E-state index in [2.05, 4.69) is 10.7 Å². The van der Waals surface area contributed by atoms with E-state index in [0.717, 1.165) is 35.9 Å². The molecule has 1 atom stereocenters. The number of nitrogens with zero attached hydrogens (tertiary/aromatic N) is 1. The molecule has 2 aromatic carbocycles. The van der Waals surface area contributed by atoms with Gasteiger partial charge >= 0.3 is 5.97 Å². The van der Waals surface area contributed by atoms with Crippen molar-refractivity contribution in [3.05, 3.63) is 52.6 Å². The number of ether oxygens (including phenoxy) is 1. The second kappa shape index (κ2) is 7.21. The third-order valence-electron chi connectivity index (χ3n) is 4.90. The summed E-state index contributed by atoms with van der Waals surface area (Å²) in [6.07, 6.45) is 6.84. The van der Waals surface area contributed by atoms with Crippen molar-refractivity contribution in [3.63, 3.8) is 0 Å². The van der Waals surface area contributed by atoms with Gasteiger partial charge in [0.05, 0.1) is 17.7 Å². The van der Waals surface area contributed by atoms with E-state index >= 15 is 0 Å². The lowest BCUT2D eigenvalue weighted by atomic mass is 9.93. The lowest BCUT2D eigenvalue weighted by molar-refractivity contribution is 0.0597. The predicted molar refractivity (Wildman–Crippen MR) is 106 cm³/mol. The number of hydrogen-bond acceptors (Lipinski definition) is 5. The molecule has 0 radical (unpaired) electrons. The van der Waals surface area contributed by atoms with Crippen molar-refractivity contribution in [1.29, 1.82) is 0 Å². The molecule has 6 nitrogen and oxygen atoms in total. The van der Waals surface area contributed by atoms with Crippen LogP contribution in [-0.2, 0) is 21.2 Å². The van der Waals surface area contributed by atoms with Gasteiger partial charge in [0, 0.05) is 0 Å². The van der Waals surface area contributed by atoms with Gasteiger partial charge in [-0.2, -0.15) is 0 Å². The van der Waals surface area contributed by atoms with Crippen molar-refractivity contribution >= 4 is 21.7 Å². The molecular formula is C21H21NO5S. The summed E-state index contributed by atoms with van der Waals surface area (Å²) in [5, 5.41) is 9.90. The average molecular weight is 399 g/mol. The Labute approximate surface area is 164 Å². The largest absolute Gasteiger partial charge is 0.507 e. The molecule has 7 heteroatoms. The minimum atomic E-state index is -4.08. The Morgan fingerprint density at radius 3 is 2.64 bits per heavy atom. The van der Waals surface area contributed by atoms with Gasteiger partial charge in [-0.1, -0.05) is 12.0 Å². The number of carbonyl (C=O) groups is 1. The van der Waals surface area contributed by atoms with Crippen LogP contribution < -0.4 is 4.31 Å². The molecule has 2 aromatic rings. The summed E-state index contributed by atoms with van der Waals surface area (Å²) in [6, 6.07) is 6.70. The van der Waals surface area contributed by atoms with Crippen LogP contribution in [0.5, 0.6) is 5.75 Å². The molecule has 0 saturated carbocycles. The molecule has 1 heterocycles. The van der Waals surface area contributed by atoms with Crippen LogP contribution in [0.1, 0.15) is 33.5 Å². The van der Waals surface area contributed by atoms with Gasteiger partial charge < -0.3 is 9.84 Å². The summed E-state index contributed by atoms with van der Waals surface area (Å²) < 4.78 is 32.9. The highest BCUT2D eigenvalue weighted by atomic mass is 32.2. The Balaban J connectivity index is 2.22. The van der Waals surface area contributed by atoms with Gasteiger partial charge in [0.25, 0.3) is 10.0 Å². The van der Waals surface area contributed by atoms with Crippen LogP contribution in [0.15, 0.2) is 35.2 Å². The van der Waals surface area contributed by atoms with Crippen LogP contribution in [0.4, 0.5) is 5.69 Å². The number of hydrogen-bond donors (Lipinski definition) is 1. The molecule has 0 amide bonds. The number of phenolic OH excluding ortho intramolecular Hbond substituents is 1. The topological polar surface area (TPSA) is 83.9 Å². The molecule has 0 spiro atoms. The van der Waals surface area contributed by atoms with E-state index in [-0.39, 0.29) is 16.2 Å². The van der Waals surface area contributed by atoms with Gasteiger partial charge in [-0.05, 0) is 67.6 Å². The van der Waals surface area contributed by atoms with Crippen LogP contribution in [0.25, 0.3) is 0 Å². The lowest BCUT2D eigenvalue weighted by Gasteiger charge is -2.36. The standard InChI is InChI=1S/C21H21NO5S/c1-5-15-6-8-17-14(3)10-13(2)11-19(17)22(15)28(25,26)16-7-9-20(23)18(12-16)21(24)27-4/h1,7,9-12,15,23H,6,8H2,2-4H3/t15-/m0/s1. The molecule has 0 fully saturated rings. The average Bonchev–Trinajstić information content (AvgIpc) is 2.66. The minimum absolute atomic E-state index is 0.141. The fourth-order valence-corrected chi connectivity index (χ4v) is 5.23. The van der Waals surface area contributed by atoms with Crippen molar-refractivity contribution in [3.8, 4) is 18.1 Å². The second-order valence-corrected chi connectivity index (χ2v) is 8.59. The lowest BCUT2D eigenvalue weighted by Crippen LogP contribution is -2.43. The number of terminal acetylenes is 1. The molecule has 0 unspecified atom stereocenters. The molecule has 1 aliphatic rings. The fourth-order valence-electron chi connectivity index (χ4n) is 3.57. The monoisotopic (exact) mass is 399 g/mol. The molecule has 28 heavy (non-hydrogen) atoms. The van der Waals surface area contributed by atoms with Crippen molar-refractivity contribution < 1.29 is 23.1 Å². The number of aryl methyl sites for hydroxylation is 2. The Hall–Kier alpha value is -2.98. The first kappa shape index (κ1) is 19.8. The van der Waals surface area contributed by atoms with Gasteiger partial charge in [-0.25, -0.2) is 13.2 Å². The molecule has 3 rings (SSSR count). The number of methoxy groups -OCH3 is 1. The third kappa shape index (κ3) is 3.20. The van der Waals surface area contributed by atoms with Gasteiger partial charge in [0.15, 0.2) is 0 Å². The number of carbonyl (C=O) groups excluding carboxylic acids is 1. The van der Waals surface area contributed by atoms with Gasteiger partial charge in [-0.3, -0.25) is 4.31 Å². The summed E-state index contributed by atoms with van der Waals surface area (Å²) in [5.41, 5.74) is 3.20. The summed E-state index contributed by atoms with van der Waals surface area (Å²) in [5.74, 6) is 1.39. The zero-order chi connectivity index (χ0) is 20.6. The molecule has 1 N–H and O–H groups in total. The molecular weight excluding hydrogens is 378 g/mol. The minimum Gasteiger partial charge on any atom is -0.507 e. The maximum Gasteiger partial charge on any atom is 0.341 e. The predicted octanol–water partition coefficient (Wildman–Crippen LogP) is 2.94. The van der Waals surface area contributed by atoms with E-state index in [1.54, 1.807) is 0 Å². The van der Waals surface area contributed by atoms with E-state index in [0.29, 0.717) is 18.5 Å². The number of sulfonamides is 1. The normalized spacial score (nSPS) is 16.2. The van der Waals surface area contributed by atoms with E-state index in [4.69, 9.17) is 6.42 Å². The first-order valence-electron chi connectivity index (χ1n) is 8.72. The molecule has 0 aromatic heterocycles. The number of benzene rings is 2. The molecule has 0 bridgehead atoms. The van der Waals surface area contributed by atoms with Crippen LogP contribution in [0, 0.1) is 26.2 Å². The van der Waals surface area contributed by atoms with Gasteiger partial charge in [-0.15, -0.1) is 6.42 Å². The zero-order valence-electron chi connectivity index (χ0n) is 15.9. The summed E-state index contributed by atoms with van der Waals surface area (Å²) >= 11 is 0. The maximum absolute atomic E-state index is 13.5. The highest BCUT2D eigenvalue weighted by Gasteiger charge is 2.36. The first-order valence-corrected chi connectivity index (χ1v) is 10.2. The van der Waals surface area contributed by atoms with E-state index in [9.17, 15) is 18.3 Å².